The molecule has 2 aromatic heterocycles. The van der Waals surface area contributed by atoms with Gasteiger partial charge >= 0.3 is 0 Å². The Hall–Kier alpha value is -5.28. The van der Waals surface area contributed by atoms with E-state index in [-0.39, 0.29) is 0 Å². The quantitative estimate of drug-likeness (QED) is 0.226. The topological polar surface area (TPSA) is 38.9 Å². The molecule has 0 saturated heterocycles. The molecule has 0 atom stereocenters. The van der Waals surface area contributed by atoms with Gasteiger partial charge in [-0.2, -0.15) is 0 Å². The average molecular weight is 525 g/mol. The predicted octanol–water partition coefficient (Wildman–Crippen LogP) is 9.98. The molecule has 0 saturated carbocycles. The van der Waals surface area contributed by atoms with Gasteiger partial charge in [0.25, 0.3) is 0 Å². The summed E-state index contributed by atoms with van der Waals surface area (Å²) in [7, 11) is 0. The lowest BCUT2D eigenvalue weighted by atomic mass is 9.88. The molecule has 5 aromatic carbocycles. The van der Waals surface area contributed by atoms with E-state index in [0.717, 1.165) is 62.9 Å². The molecule has 0 bridgehead atoms. The van der Waals surface area contributed by atoms with E-state index in [4.69, 9.17) is 14.4 Å². The first-order valence-corrected chi connectivity index (χ1v) is 14.2. The van der Waals surface area contributed by atoms with Crippen molar-refractivity contribution in [3.8, 4) is 56.2 Å². The zero-order valence-electron chi connectivity index (χ0n) is 22.3. The predicted molar refractivity (Wildman–Crippen MR) is 167 cm³/mol. The van der Waals surface area contributed by atoms with E-state index in [1.807, 2.05) is 18.2 Å². The molecule has 0 unspecified atom stereocenters. The molecule has 7 aromatic rings. The Bertz CT molecular complexity index is 2200. The molecule has 0 radical (unpaired) electrons. The zero-order chi connectivity index (χ0) is 26.9. The fourth-order valence-corrected chi connectivity index (χ4v) is 6.69. The van der Waals surface area contributed by atoms with Gasteiger partial charge in [-0.1, -0.05) is 109 Å². The highest BCUT2D eigenvalue weighted by atomic mass is 16.3. The number of aryl methyl sites for hydroxylation is 1. The van der Waals surface area contributed by atoms with Crippen LogP contribution in [-0.2, 0) is 6.42 Å². The van der Waals surface area contributed by atoms with Crippen molar-refractivity contribution in [2.24, 2.45) is 0 Å². The molecule has 3 heteroatoms. The summed E-state index contributed by atoms with van der Waals surface area (Å²) in [5.41, 5.74) is 13.4. The van der Waals surface area contributed by atoms with Crippen molar-refractivity contribution in [1.29, 1.82) is 0 Å². The number of para-hydroxylation sites is 1. The number of furan rings is 1. The third kappa shape index (κ3) is 3.26. The number of rotatable bonds is 2. The Balaban J connectivity index is 1.46. The van der Waals surface area contributed by atoms with Crippen molar-refractivity contribution in [1.82, 2.24) is 9.97 Å². The van der Waals surface area contributed by atoms with Crippen LogP contribution >= 0.6 is 0 Å². The summed E-state index contributed by atoms with van der Waals surface area (Å²) in [5.74, 6) is 1.32. The second-order valence-electron chi connectivity index (χ2n) is 10.8. The second-order valence-corrected chi connectivity index (χ2v) is 10.8. The smallest absolute Gasteiger partial charge is 0.197 e. The molecule has 41 heavy (non-hydrogen) atoms. The number of allylic oxidation sites excluding steroid dienone is 1. The lowest BCUT2D eigenvalue weighted by molar-refractivity contribution is 0.625. The van der Waals surface area contributed by atoms with E-state index >= 15 is 0 Å². The lowest BCUT2D eigenvalue weighted by Crippen LogP contribution is -1.96. The molecule has 192 valence electrons. The monoisotopic (exact) mass is 524 g/mol. The van der Waals surface area contributed by atoms with Crippen LogP contribution < -0.4 is 0 Å². The Morgan fingerprint density at radius 1 is 0.634 bits per heavy atom. The van der Waals surface area contributed by atoms with Crippen LogP contribution in [0, 0.1) is 0 Å². The molecule has 0 amide bonds. The van der Waals surface area contributed by atoms with Crippen molar-refractivity contribution in [2.75, 3.05) is 0 Å². The molecule has 3 nitrogen and oxygen atoms in total. The summed E-state index contributed by atoms with van der Waals surface area (Å²) in [6, 6.07) is 38.4. The Kier molecular flexibility index (Phi) is 4.73. The molecule has 2 aliphatic rings. The fourth-order valence-electron chi connectivity index (χ4n) is 6.69. The number of nitrogens with zero attached hydrogens (tertiary/aromatic N) is 2. The molecular weight excluding hydrogens is 500 g/mol. The van der Waals surface area contributed by atoms with Crippen LogP contribution in [0.15, 0.2) is 120 Å². The number of hydrogen-bond donors (Lipinski definition) is 0. The lowest BCUT2D eigenvalue weighted by Gasteiger charge is -2.15. The molecule has 0 fully saturated rings. The van der Waals surface area contributed by atoms with Crippen LogP contribution in [-0.4, -0.2) is 9.97 Å². The number of hydrogen-bond acceptors (Lipinski definition) is 3. The molecule has 9 rings (SSSR count). The highest BCUT2D eigenvalue weighted by molar-refractivity contribution is 6.17. The van der Waals surface area contributed by atoms with Gasteiger partial charge in [0, 0.05) is 27.5 Å². The molecule has 0 aliphatic heterocycles. The van der Waals surface area contributed by atoms with Crippen LogP contribution in [0.25, 0.3) is 84.2 Å². The van der Waals surface area contributed by atoms with Crippen LogP contribution in [0.4, 0.5) is 0 Å². The maximum Gasteiger partial charge on any atom is 0.197 e. The maximum atomic E-state index is 6.99. The minimum absolute atomic E-state index is 0.606. The van der Waals surface area contributed by atoms with Gasteiger partial charge in [-0.05, 0) is 58.4 Å². The molecule has 2 heterocycles. The fraction of sp³-hybridized carbons (Fsp3) is 0.0526. The highest BCUT2D eigenvalue weighted by Gasteiger charge is 2.31. The zero-order valence-corrected chi connectivity index (χ0v) is 22.3. The van der Waals surface area contributed by atoms with Gasteiger partial charge in [-0.25, -0.2) is 9.97 Å². The van der Waals surface area contributed by atoms with Crippen molar-refractivity contribution >= 4 is 27.9 Å². The van der Waals surface area contributed by atoms with E-state index in [0.29, 0.717) is 5.82 Å². The van der Waals surface area contributed by atoms with Crippen LogP contribution in [0.3, 0.4) is 0 Å². The molecule has 0 spiro atoms. The number of benzene rings is 5. The standard InChI is InChI=1S/C38H24N2O/c1-2-12-23(13-3-1)35-30-20-10-11-21-32(30)39-38(40-35)37-33-29-19-9-8-17-27(29)26-16-6-7-18-28(26)31-22-24-14-4-5-15-25(24)36(41-37)34(31)33/h1-3,5-13,15-22H,4,14H2. The molecular formula is C38H24N2O. The molecule has 2 aliphatic carbocycles. The first kappa shape index (κ1) is 22.5. The van der Waals surface area contributed by atoms with Gasteiger partial charge in [0.05, 0.1) is 11.2 Å². The van der Waals surface area contributed by atoms with E-state index in [9.17, 15) is 0 Å². The van der Waals surface area contributed by atoms with Crippen molar-refractivity contribution < 1.29 is 4.42 Å². The van der Waals surface area contributed by atoms with E-state index in [1.54, 1.807) is 0 Å². The Morgan fingerprint density at radius 2 is 1.32 bits per heavy atom. The maximum absolute atomic E-state index is 6.99. The van der Waals surface area contributed by atoms with Gasteiger partial charge in [-0.15, -0.1) is 0 Å². The summed E-state index contributed by atoms with van der Waals surface area (Å²) < 4.78 is 6.99. The van der Waals surface area contributed by atoms with Crippen LogP contribution in [0.5, 0.6) is 0 Å². The van der Waals surface area contributed by atoms with Gasteiger partial charge in [0.1, 0.15) is 5.58 Å². The SMILES string of the molecule is C1=Cc2c(cc3c4c(c(-c5nc(-c6ccccc6)c6ccccc6n5)oc24)-c2ccccc2-c2ccccc2-3)CC1. The van der Waals surface area contributed by atoms with E-state index in [2.05, 4.69) is 103 Å². The molecule has 0 N–H and O–H groups in total. The first-order chi connectivity index (χ1) is 20.3. The summed E-state index contributed by atoms with van der Waals surface area (Å²) in [6.45, 7) is 0. The summed E-state index contributed by atoms with van der Waals surface area (Å²) in [5, 5.41) is 2.17. The minimum atomic E-state index is 0.606. The van der Waals surface area contributed by atoms with Gasteiger partial charge in [0.15, 0.2) is 11.6 Å². The van der Waals surface area contributed by atoms with Gasteiger partial charge < -0.3 is 4.42 Å². The van der Waals surface area contributed by atoms with E-state index in [1.165, 1.54) is 33.4 Å². The van der Waals surface area contributed by atoms with Crippen molar-refractivity contribution in [3.63, 3.8) is 0 Å². The van der Waals surface area contributed by atoms with Crippen LogP contribution in [0.1, 0.15) is 17.5 Å². The van der Waals surface area contributed by atoms with Crippen molar-refractivity contribution in [3.05, 3.63) is 126 Å². The largest absolute Gasteiger partial charge is 0.451 e. The second kappa shape index (κ2) is 8.61. The minimum Gasteiger partial charge on any atom is -0.451 e. The Morgan fingerprint density at radius 3 is 2.15 bits per heavy atom. The first-order valence-electron chi connectivity index (χ1n) is 14.2. The van der Waals surface area contributed by atoms with E-state index < -0.39 is 0 Å². The third-order valence-electron chi connectivity index (χ3n) is 8.51. The van der Waals surface area contributed by atoms with Crippen LogP contribution in [0.2, 0.25) is 0 Å². The summed E-state index contributed by atoms with van der Waals surface area (Å²) in [6.07, 6.45) is 6.52. The van der Waals surface area contributed by atoms with Gasteiger partial charge in [0.2, 0.25) is 0 Å². The number of aromatic nitrogens is 2. The average Bonchev–Trinajstić information content (AvgIpc) is 3.40. The van der Waals surface area contributed by atoms with Crippen molar-refractivity contribution in [2.45, 2.75) is 12.8 Å². The number of fused-ring (bicyclic) bond motifs is 8. The summed E-state index contributed by atoms with van der Waals surface area (Å²) in [4.78, 5) is 10.4. The highest BCUT2D eigenvalue weighted by Crippen LogP contribution is 2.53. The summed E-state index contributed by atoms with van der Waals surface area (Å²) >= 11 is 0. The van der Waals surface area contributed by atoms with Gasteiger partial charge in [-0.3, -0.25) is 0 Å². The normalized spacial score (nSPS) is 13.1. The third-order valence-corrected chi connectivity index (χ3v) is 8.51. The Labute approximate surface area is 237 Å².